The van der Waals surface area contributed by atoms with Crippen LogP contribution in [0.5, 0.6) is 0 Å². The van der Waals surface area contributed by atoms with Gasteiger partial charge in [-0.3, -0.25) is 0 Å². The molecule has 0 saturated heterocycles. The number of nitrogens with zero attached hydrogens (tertiary/aromatic N) is 4. The van der Waals surface area contributed by atoms with E-state index in [1.807, 2.05) is 0 Å². The summed E-state index contributed by atoms with van der Waals surface area (Å²) in [7, 11) is 0. The van der Waals surface area contributed by atoms with Gasteiger partial charge in [0.25, 0.3) is 0 Å². The highest BCUT2D eigenvalue weighted by Gasteiger charge is 2.07. The van der Waals surface area contributed by atoms with Crippen molar-refractivity contribution < 1.29 is 19.3 Å². The summed E-state index contributed by atoms with van der Waals surface area (Å²) < 4.78 is 8.99. The Morgan fingerprint density at radius 2 is 1.00 bits per heavy atom. The number of unbranched alkanes of at least 4 members (excludes halogenated alkanes) is 6. The normalized spacial score (nSPS) is 11.3. The van der Waals surface area contributed by atoms with Crippen molar-refractivity contribution in [2.24, 2.45) is 0 Å². The summed E-state index contributed by atoms with van der Waals surface area (Å²) in [5.41, 5.74) is 0. The van der Waals surface area contributed by atoms with E-state index in [-0.39, 0.29) is 0 Å². The van der Waals surface area contributed by atoms with E-state index in [0.29, 0.717) is 13.2 Å². The SMILES string of the molecule is OCCCCCC[n+]1ccn(CCn2cc[n+](CCCCCCO)c2)c1. The van der Waals surface area contributed by atoms with Crippen LogP contribution in [-0.2, 0) is 26.2 Å². The number of aliphatic hydroxyl groups excluding tert-OH is 2. The van der Waals surface area contributed by atoms with Crippen molar-refractivity contribution in [1.82, 2.24) is 9.13 Å². The van der Waals surface area contributed by atoms with Crippen LogP contribution in [0.2, 0.25) is 0 Å². The van der Waals surface area contributed by atoms with E-state index in [1.165, 1.54) is 25.7 Å². The molecule has 0 unspecified atom stereocenters. The fraction of sp³-hybridized carbons (Fsp3) is 0.700. The highest BCUT2D eigenvalue weighted by molar-refractivity contribution is 4.70. The first-order chi connectivity index (χ1) is 12.8. The quantitative estimate of drug-likeness (QED) is 0.373. The maximum atomic E-state index is 8.79. The molecule has 2 aromatic rings. The summed E-state index contributed by atoms with van der Waals surface area (Å²) >= 11 is 0. The Hall–Kier alpha value is -1.66. The van der Waals surface area contributed by atoms with Crippen molar-refractivity contribution >= 4 is 0 Å². The fourth-order valence-electron chi connectivity index (χ4n) is 3.16. The Morgan fingerprint density at radius 3 is 1.42 bits per heavy atom. The zero-order chi connectivity index (χ0) is 18.5. The summed E-state index contributed by atoms with van der Waals surface area (Å²) in [5.74, 6) is 0. The Morgan fingerprint density at radius 1 is 0.577 bits per heavy atom. The van der Waals surface area contributed by atoms with Gasteiger partial charge in [-0.1, -0.05) is 12.8 Å². The first-order valence-corrected chi connectivity index (χ1v) is 10.1. The predicted molar refractivity (Wildman–Crippen MR) is 100 cm³/mol. The molecule has 6 nitrogen and oxygen atoms in total. The average molecular weight is 365 g/mol. The molecule has 2 N–H and O–H groups in total. The molecular weight excluding hydrogens is 328 g/mol. The zero-order valence-electron chi connectivity index (χ0n) is 16.0. The van der Waals surface area contributed by atoms with Gasteiger partial charge in [-0.2, -0.15) is 0 Å². The molecule has 2 heterocycles. The van der Waals surface area contributed by atoms with Crippen LogP contribution in [0, 0.1) is 0 Å². The number of aryl methyl sites for hydroxylation is 4. The second kappa shape index (κ2) is 12.7. The highest BCUT2D eigenvalue weighted by atomic mass is 16.3. The number of aromatic nitrogens is 4. The van der Waals surface area contributed by atoms with Gasteiger partial charge in [-0.25, -0.2) is 18.3 Å². The third-order valence-corrected chi connectivity index (χ3v) is 4.76. The Labute approximate surface area is 157 Å². The maximum Gasteiger partial charge on any atom is 0.243 e. The fourth-order valence-corrected chi connectivity index (χ4v) is 3.16. The lowest BCUT2D eigenvalue weighted by Crippen LogP contribution is -2.31. The van der Waals surface area contributed by atoms with Crippen molar-refractivity contribution in [3.05, 3.63) is 37.4 Å². The second-order valence-corrected chi connectivity index (χ2v) is 7.05. The van der Waals surface area contributed by atoms with E-state index in [1.54, 1.807) is 0 Å². The minimum Gasteiger partial charge on any atom is -0.396 e. The van der Waals surface area contributed by atoms with Gasteiger partial charge in [0, 0.05) is 13.2 Å². The van der Waals surface area contributed by atoms with Gasteiger partial charge in [0.1, 0.15) is 37.9 Å². The molecule has 146 valence electrons. The number of imidazole rings is 2. The molecule has 0 aliphatic heterocycles. The first kappa shape index (κ1) is 20.6. The molecular formula is C20H36N4O2+2. The van der Waals surface area contributed by atoms with Crippen LogP contribution in [-0.4, -0.2) is 32.6 Å². The topological polar surface area (TPSA) is 58.1 Å². The summed E-state index contributed by atoms with van der Waals surface area (Å²) in [6, 6.07) is 0. The molecule has 0 amide bonds. The first-order valence-electron chi connectivity index (χ1n) is 10.1. The summed E-state index contributed by atoms with van der Waals surface area (Å²) in [6.07, 6.45) is 21.7. The van der Waals surface area contributed by atoms with Crippen molar-refractivity contribution in [2.45, 2.75) is 77.5 Å². The largest absolute Gasteiger partial charge is 0.396 e. The predicted octanol–water partition coefficient (Wildman–Crippen LogP) is 1.67. The van der Waals surface area contributed by atoms with Crippen LogP contribution in [0.4, 0.5) is 0 Å². The van der Waals surface area contributed by atoms with Crippen LogP contribution >= 0.6 is 0 Å². The van der Waals surface area contributed by atoms with Gasteiger partial charge in [0.15, 0.2) is 0 Å². The molecule has 0 fully saturated rings. The van der Waals surface area contributed by atoms with Crippen LogP contribution in [0.25, 0.3) is 0 Å². The van der Waals surface area contributed by atoms with Crippen molar-refractivity contribution in [3.63, 3.8) is 0 Å². The molecule has 0 aliphatic rings. The average Bonchev–Trinajstić information content (AvgIpc) is 3.29. The van der Waals surface area contributed by atoms with E-state index in [2.05, 4.69) is 55.7 Å². The molecule has 0 atom stereocenters. The van der Waals surface area contributed by atoms with E-state index in [4.69, 9.17) is 10.2 Å². The number of rotatable bonds is 15. The zero-order valence-corrected chi connectivity index (χ0v) is 16.0. The van der Waals surface area contributed by atoms with Gasteiger partial charge >= 0.3 is 0 Å². The van der Waals surface area contributed by atoms with Crippen LogP contribution in [0.3, 0.4) is 0 Å². The Kier molecular flexibility index (Phi) is 10.1. The molecule has 2 rings (SSSR count). The summed E-state index contributed by atoms with van der Waals surface area (Å²) in [6.45, 7) is 4.68. The lowest BCUT2D eigenvalue weighted by Gasteiger charge is -1.98. The standard InChI is InChI=1S/C20H36N4O2/c25-17-7-3-1-5-9-21-11-13-23(19-21)15-16-24-14-12-22(20-24)10-6-2-4-8-18-26/h11-14,19-20,25-26H,1-10,15-18H2/q+2. The molecule has 0 aromatic carbocycles. The van der Waals surface area contributed by atoms with Crippen LogP contribution in [0.1, 0.15) is 51.4 Å². The number of hydrogen-bond donors (Lipinski definition) is 2. The maximum absolute atomic E-state index is 8.79. The number of aliphatic hydroxyl groups is 2. The molecule has 0 aliphatic carbocycles. The molecule has 0 radical (unpaired) electrons. The van der Waals surface area contributed by atoms with Gasteiger partial charge < -0.3 is 10.2 Å². The monoisotopic (exact) mass is 364 g/mol. The van der Waals surface area contributed by atoms with Crippen LogP contribution in [0.15, 0.2) is 37.4 Å². The smallest absolute Gasteiger partial charge is 0.243 e. The van der Waals surface area contributed by atoms with Crippen LogP contribution < -0.4 is 9.13 Å². The third-order valence-electron chi connectivity index (χ3n) is 4.76. The summed E-state index contributed by atoms with van der Waals surface area (Å²) in [5, 5.41) is 17.6. The second-order valence-electron chi connectivity index (χ2n) is 7.05. The lowest BCUT2D eigenvalue weighted by atomic mass is 10.2. The Bertz CT molecular complexity index is 542. The Balaban J connectivity index is 1.63. The third kappa shape index (κ3) is 8.15. The molecule has 0 spiro atoms. The highest BCUT2D eigenvalue weighted by Crippen LogP contribution is 2.00. The van der Waals surface area contributed by atoms with Gasteiger partial charge in [-0.15, -0.1) is 0 Å². The van der Waals surface area contributed by atoms with Gasteiger partial charge in [0.05, 0.1) is 13.1 Å². The molecule has 0 bridgehead atoms. The van der Waals surface area contributed by atoms with Crippen molar-refractivity contribution in [1.29, 1.82) is 0 Å². The lowest BCUT2D eigenvalue weighted by molar-refractivity contribution is -0.697. The molecule has 0 saturated carbocycles. The van der Waals surface area contributed by atoms with E-state index >= 15 is 0 Å². The molecule has 2 aromatic heterocycles. The van der Waals surface area contributed by atoms with E-state index in [0.717, 1.165) is 51.9 Å². The number of hydrogen-bond acceptors (Lipinski definition) is 2. The van der Waals surface area contributed by atoms with Gasteiger partial charge in [-0.05, 0) is 38.5 Å². The van der Waals surface area contributed by atoms with Gasteiger partial charge in [0.2, 0.25) is 12.7 Å². The molecule has 26 heavy (non-hydrogen) atoms. The van der Waals surface area contributed by atoms with Crippen molar-refractivity contribution in [2.75, 3.05) is 13.2 Å². The summed E-state index contributed by atoms with van der Waals surface area (Å²) in [4.78, 5) is 0. The van der Waals surface area contributed by atoms with E-state index < -0.39 is 0 Å². The minimum atomic E-state index is 0.312. The van der Waals surface area contributed by atoms with Crippen molar-refractivity contribution in [3.8, 4) is 0 Å². The minimum absolute atomic E-state index is 0.312. The van der Waals surface area contributed by atoms with E-state index in [9.17, 15) is 0 Å². The molecule has 6 heteroatoms.